The largest absolute Gasteiger partial charge is 0.449 e. The van der Waals surface area contributed by atoms with Crippen molar-refractivity contribution in [1.29, 1.82) is 0 Å². The molecule has 1 atom stereocenters. The van der Waals surface area contributed by atoms with Gasteiger partial charge in [-0.2, -0.15) is 0 Å². The van der Waals surface area contributed by atoms with Crippen LogP contribution >= 0.6 is 0 Å². The summed E-state index contributed by atoms with van der Waals surface area (Å²) >= 11 is 0. The van der Waals surface area contributed by atoms with Crippen molar-refractivity contribution in [2.75, 3.05) is 25.0 Å². The Morgan fingerprint density at radius 1 is 1.21 bits per heavy atom. The minimum atomic E-state index is -0.377. The van der Waals surface area contributed by atoms with Crippen LogP contribution in [0.25, 0.3) is 10.8 Å². The van der Waals surface area contributed by atoms with Crippen molar-refractivity contribution >= 4 is 22.6 Å². The molecule has 0 aromatic heterocycles. The van der Waals surface area contributed by atoms with E-state index in [1.165, 1.54) is 25.8 Å². The number of carbonyl (C=O) groups is 1. The van der Waals surface area contributed by atoms with Gasteiger partial charge in [0.2, 0.25) is 0 Å². The van der Waals surface area contributed by atoms with E-state index in [1.54, 1.807) is 0 Å². The van der Waals surface area contributed by atoms with E-state index >= 15 is 0 Å². The molecule has 128 valence electrons. The second-order valence-corrected chi connectivity index (χ2v) is 6.52. The number of hydrogen-bond donors (Lipinski definition) is 1. The van der Waals surface area contributed by atoms with E-state index in [0.717, 1.165) is 29.4 Å². The van der Waals surface area contributed by atoms with E-state index in [1.807, 2.05) is 42.5 Å². The van der Waals surface area contributed by atoms with Gasteiger partial charge in [-0.15, -0.1) is 0 Å². The molecule has 0 aliphatic carbocycles. The molecule has 3 rings (SSSR count). The lowest BCUT2D eigenvalue weighted by molar-refractivity contribution is 0.129. The third kappa shape index (κ3) is 4.26. The normalized spacial score (nSPS) is 18.5. The number of amides is 1. The maximum atomic E-state index is 12.0. The number of fused-ring (bicyclic) bond motifs is 1. The van der Waals surface area contributed by atoms with Crippen LogP contribution in [0.3, 0.4) is 0 Å². The van der Waals surface area contributed by atoms with Crippen molar-refractivity contribution < 1.29 is 9.53 Å². The lowest BCUT2D eigenvalue weighted by Gasteiger charge is -2.33. The summed E-state index contributed by atoms with van der Waals surface area (Å²) in [7, 11) is 0. The maximum absolute atomic E-state index is 12.0. The monoisotopic (exact) mass is 326 g/mol. The van der Waals surface area contributed by atoms with Crippen LogP contribution < -0.4 is 5.32 Å². The number of carbonyl (C=O) groups excluding carboxylic acids is 1. The first-order chi connectivity index (χ1) is 11.7. The molecule has 0 radical (unpaired) electrons. The lowest BCUT2D eigenvalue weighted by atomic mass is 10.0. The zero-order chi connectivity index (χ0) is 16.8. The molecular formula is C20H26N2O2. The van der Waals surface area contributed by atoms with Crippen LogP contribution in [-0.2, 0) is 4.74 Å². The summed E-state index contributed by atoms with van der Waals surface area (Å²) in [6.07, 6.45) is 4.41. The molecule has 1 aliphatic heterocycles. The Labute approximate surface area is 143 Å². The maximum Gasteiger partial charge on any atom is 0.411 e. The molecule has 1 amide bonds. The Kier molecular flexibility index (Phi) is 5.70. The van der Waals surface area contributed by atoms with Gasteiger partial charge < -0.3 is 9.64 Å². The van der Waals surface area contributed by atoms with Gasteiger partial charge in [0.15, 0.2) is 0 Å². The zero-order valence-electron chi connectivity index (χ0n) is 14.3. The smallest absolute Gasteiger partial charge is 0.411 e. The molecule has 1 saturated heterocycles. The van der Waals surface area contributed by atoms with Crippen molar-refractivity contribution in [2.24, 2.45) is 0 Å². The molecule has 4 nitrogen and oxygen atoms in total. The van der Waals surface area contributed by atoms with E-state index in [9.17, 15) is 4.79 Å². The molecule has 1 heterocycles. The fourth-order valence-electron chi connectivity index (χ4n) is 3.40. The van der Waals surface area contributed by atoms with Crippen molar-refractivity contribution in [3.8, 4) is 0 Å². The van der Waals surface area contributed by atoms with Gasteiger partial charge in [-0.05, 0) is 44.2 Å². The molecular weight excluding hydrogens is 300 g/mol. The highest BCUT2D eigenvalue weighted by molar-refractivity contribution is 6.00. The number of anilines is 1. The second kappa shape index (κ2) is 8.15. The Morgan fingerprint density at radius 3 is 2.92 bits per heavy atom. The summed E-state index contributed by atoms with van der Waals surface area (Å²) in [5.41, 5.74) is 0.794. The van der Waals surface area contributed by atoms with Crippen LogP contribution in [-0.4, -0.2) is 36.7 Å². The molecule has 1 fully saturated rings. The highest BCUT2D eigenvalue weighted by Gasteiger charge is 2.17. The molecule has 2 aromatic carbocycles. The topological polar surface area (TPSA) is 41.6 Å². The number of rotatable bonds is 5. The van der Waals surface area contributed by atoms with Crippen molar-refractivity contribution in [1.82, 2.24) is 4.90 Å². The molecule has 0 saturated carbocycles. The van der Waals surface area contributed by atoms with E-state index in [-0.39, 0.29) is 6.09 Å². The van der Waals surface area contributed by atoms with Gasteiger partial charge in [0.05, 0.1) is 12.3 Å². The molecule has 4 heteroatoms. The van der Waals surface area contributed by atoms with Gasteiger partial charge in [0.1, 0.15) is 0 Å². The van der Waals surface area contributed by atoms with Crippen molar-refractivity contribution in [3.63, 3.8) is 0 Å². The van der Waals surface area contributed by atoms with E-state index in [2.05, 4.69) is 17.1 Å². The average Bonchev–Trinajstić information content (AvgIpc) is 2.60. The summed E-state index contributed by atoms with van der Waals surface area (Å²) < 4.78 is 5.34. The summed E-state index contributed by atoms with van der Waals surface area (Å²) in [5, 5.41) is 4.99. The predicted molar refractivity (Wildman–Crippen MR) is 98.4 cm³/mol. The van der Waals surface area contributed by atoms with Crippen molar-refractivity contribution in [3.05, 3.63) is 42.5 Å². The van der Waals surface area contributed by atoms with Gasteiger partial charge in [-0.3, -0.25) is 5.32 Å². The quantitative estimate of drug-likeness (QED) is 0.813. The number of likely N-dealkylation sites (tertiary alicyclic amines) is 1. The minimum Gasteiger partial charge on any atom is -0.449 e. The Bertz CT molecular complexity index is 681. The first-order valence-corrected chi connectivity index (χ1v) is 8.89. The van der Waals surface area contributed by atoms with E-state index in [0.29, 0.717) is 12.6 Å². The third-order valence-corrected chi connectivity index (χ3v) is 4.79. The van der Waals surface area contributed by atoms with Gasteiger partial charge in [0.25, 0.3) is 0 Å². The van der Waals surface area contributed by atoms with Gasteiger partial charge >= 0.3 is 6.09 Å². The molecule has 0 spiro atoms. The number of nitrogens with one attached hydrogen (secondary N) is 1. The number of piperidine rings is 1. The van der Waals surface area contributed by atoms with Crippen LogP contribution in [0.2, 0.25) is 0 Å². The fourth-order valence-corrected chi connectivity index (χ4v) is 3.40. The van der Waals surface area contributed by atoms with Crippen LogP contribution in [0.5, 0.6) is 0 Å². The summed E-state index contributed by atoms with van der Waals surface area (Å²) in [5.74, 6) is 0. The fraction of sp³-hybridized carbons (Fsp3) is 0.450. The molecule has 0 bridgehead atoms. The molecule has 1 unspecified atom stereocenters. The van der Waals surface area contributed by atoms with Gasteiger partial charge in [0, 0.05) is 18.0 Å². The van der Waals surface area contributed by atoms with Crippen molar-refractivity contribution in [2.45, 2.75) is 38.6 Å². The molecule has 1 N–H and O–H groups in total. The zero-order valence-corrected chi connectivity index (χ0v) is 14.3. The average molecular weight is 326 g/mol. The number of ether oxygens (including phenoxy) is 1. The molecule has 1 aliphatic rings. The third-order valence-electron chi connectivity index (χ3n) is 4.79. The Hall–Kier alpha value is -2.07. The first-order valence-electron chi connectivity index (χ1n) is 8.89. The van der Waals surface area contributed by atoms with E-state index in [4.69, 9.17) is 4.74 Å². The van der Waals surface area contributed by atoms with Gasteiger partial charge in [-0.1, -0.05) is 42.8 Å². The Balaban J connectivity index is 1.45. The standard InChI is InChI=1S/C20H26N2O2/c1-16-8-4-5-13-22(16)14-7-15-24-20(23)21-19-12-6-10-17-9-2-3-11-18(17)19/h2-3,6,9-12,16H,4-5,7-8,13-15H2,1H3,(H,21,23). The highest BCUT2D eigenvalue weighted by atomic mass is 16.5. The van der Waals surface area contributed by atoms with Crippen LogP contribution in [0.4, 0.5) is 10.5 Å². The van der Waals surface area contributed by atoms with Gasteiger partial charge in [-0.25, -0.2) is 4.79 Å². The molecule has 2 aromatic rings. The number of hydrogen-bond acceptors (Lipinski definition) is 3. The minimum absolute atomic E-state index is 0.377. The SMILES string of the molecule is CC1CCCCN1CCCOC(=O)Nc1cccc2ccccc12. The number of benzene rings is 2. The lowest BCUT2D eigenvalue weighted by Crippen LogP contribution is -2.38. The molecule has 24 heavy (non-hydrogen) atoms. The number of nitrogens with zero attached hydrogens (tertiary/aromatic N) is 1. The summed E-state index contributed by atoms with van der Waals surface area (Å²) in [6.45, 7) is 4.92. The summed E-state index contributed by atoms with van der Waals surface area (Å²) in [4.78, 5) is 14.5. The van der Waals surface area contributed by atoms with Crippen LogP contribution in [0, 0.1) is 0 Å². The predicted octanol–water partition coefficient (Wildman–Crippen LogP) is 4.65. The van der Waals surface area contributed by atoms with Crippen LogP contribution in [0.1, 0.15) is 32.6 Å². The van der Waals surface area contributed by atoms with E-state index < -0.39 is 0 Å². The van der Waals surface area contributed by atoms with Crippen LogP contribution in [0.15, 0.2) is 42.5 Å². The summed E-state index contributed by atoms with van der Waals surface area (Å²) in [6, 6.07) is 14.5. The second-order valence-electron chi connectivity index (χ2n) is 6.52. The first kappa shape index (κ1) is 16.8. The highest BCUT2D eigenvalue weighted by Crippen LogP contribution is 2.23. The Morgan fingerprint density at radius 2 is 2.04 bits per heavy atom.